The van der Waals surface area contributed by atoms with Gasteiger partial charge in [0.25, 0.3) is 5.82 Å². The zero-order valence-electron chi connectivity index (χ0n) is 16.0. The smallest absolute Gasteiger partial charge is 0.278 e. The summed E-state index contributed by atoms with van der Waals surface area (Å²) in [5.74, 6) is 0.954. The van der Waals surface area contributed by atoms with Gasteiger partial charge in [0.1, 0.15) is 11.6 Å². The van der Waals surface area contributed by atoms with E-state index < -0.39 is 5.41 Å². The molecule has 1 N–H and O–H groups in total. The van der Waals surface area contributed by atoms with Gasteiger partial charge in [0.15, 0.2) is 11.2 Å². The van der Waals surface area contributed by atoms with Crippen LogP contribution < -0.4 is 9.88 Å². The van der Waals surface area contributed by atoms with E-state index in [0.717, 1.165) is 48.1 Å². The van der Waals surface area contributed by atoms with E-state index in [9.17, 15) is 10.1 Å². The second-order valence-electron chi connectivity index (χ2n) is 8.03. The van der Waals surface area contributed by atoms with Crippen LogP contribution in [0.15, 0.2) is 54.6 Å². The summed E-state index contributed by atoms with van der Waals surface area (Å²) < 4.78 is 0. The monoisotopic (exact) mass is 402 g/mol. The number of anilines is 1. The van der Waals surface area contributed by atoms with Crippen LogP contribution in [0.1, 0.15) is 35.2 Å². The summed E-state index contributed by atoms with van der Waals surface area (Å²) in [5.41, 5.74) is 1.56. The third kappa shape index (κ3) is 2.81. The van der Waals surface area contributed by atoms with E-state index in [-0.39, 0.29) is 11.8 Å². The molecule has 0 aliphatic carbocycles. The number of piperidine rings is 1. The van der Waals surface area contributed by atoms with Crippen LogP contribution in [0.5, 0.6) is 0 Å². The minimum Gasteiger partial charge on any atom is -0.292 e. The summed E-state index contributed by atoms with van der Waals surface area (Å²) in [6.07, 6.45) is 3.35. The number of Topliss-reactive ketones (excluding diaryl/α,β-unsaturated/α-hetero) is 1. The molecule has 2 aromatic carbocycles. The van der Waals surface area contributed by atoms with Crippen molar-refractivity contribution in [2.45, 2.75) is 31.7 Å². The first-order valence-electron chi connectivity index (χ1n) is 10.0. The Hall–Kier alpha value is -2.90. The molecule has 5 heteroatoms. The number of carbonyl (C=O) groups excluding carboxylic acids is 1. The second kappa shape index (κ2) is 6.86. The SMILES string of the molecule is N#C[C@]1(C(=O)c2ccc(Cl)cc2)Cc2cc3ccccc3[nH+]c2N2CCCC[C@H]21. The van der Waals surface area contributed by atoms with Crippen molar-refractivity contribution < 1.29 is 9.78 Å². The lowest BCUT2D eigenvalue weighted by molar-refractivity contribution is -0.333. The molecule has 3 aromatic rings. The molecule has 3 heterocycles. The van der Waals surface area contributed by atoms with Gasteiger partial charge in [-0.15, -0.1) is 0 Å². The lowest BCUT2D eigenvalue weighted by Gasteiger charge is -2.44. The van der Waals surface area contributed by atoms with Gasteiger partial charge in [-0.3, -0.25) is 9.69 Å². The Labute approximate surface area is 174 Å². The van der Waals surface area contributed by atoms with Crippen LogP contribution >= 0.6 is 11.6 Å². The van der Waals surface area contributed by atoms with Gasteiger partial charge in [-0.2, -0.15) is 5.26 Å². The van der Waals surface area contributed by atoms with Gasteiger partial charge in [-0.1, -0.05) is 29.8 Å². The van der Waals surface area contributed by atoms with Gasteiger partial charge in [-0.25, -0.2) is 4.98 Å². The molecule has 1 aromatic heterocycles. The van der Waals surface area contributed by atoms with Crippen molar-refractivity contribution in [2.75, 3.05) is 11.4 Å². The molecule has 0 radical (unpaired) electrons. The first kappa shape index (κ1) is 18.1. The van der Waals surface area contributed by atoms with E-state index in [1.54, 1.807) is 24.3 Å². The summed E-state index contributed by atoms with van der Waals surface area (Å²) in [6, 6.07) is 19.5. The molecule has 0 amide bonds. The predicted octanol–water partition coefficient (Wildman–Crippen LogP) is 4.62. The molecule has 144 valence electrons. The lowest BCUT2D eigenvalue weighted by atomic mass is 9.66. The number of benzene rings is 2. The van der Waals surface area contributed by atoms with Crippen molar-refractivity contribution in [1.29, 1.82) is 5.26 Å². The molecule has 0 spiro atoms. The van der Waals surface area contributed by atoms with Crippen molar-refractivity contribution in [3.8, 4) is 6.07 Å². The fourth-order valence-electron chi connectivity index (χ4n) is 4.98. The van der Waals surface area contributed by atoms with Crippen LogP contribution in [0.4, 0.5) is 5.82 Å². The molecule has 2 aliphatic rings. The quantitative estimate of drug-likeness (QED) is 0.588. The first-order chi connectivity index (χ1) is 14.1. The molecule has 4 nitrogen and oxygen atoms in total. The van der Waals surface area contributed by atoms with Crippen molar-refractivity contribution in [3.63, 3.8) is 0 Å². The van der Waals surface area contributed by atoms with Gasteiger partial charge in [0.2, 0.25) is 0 Å². The number of halogens is 1. The molecular formula is C24H21ClN3O+. The average molecular weight is 403 g/mol. The van der Waals surface area contributed by atoms with Crippen LogP contribution in [-0.2, 0) is 6.42 Å². The van der Waals surface area contributed by atoms with Gasteiger partial charge in [0.05, 0.1) is 12.6 Å². The third-order valence-electron chi connectivity index (χ3n) is 6.39. The third-order valence-corrected chi connectivity index (χ3v) is 6.64. The topological polar surface area (TPSA) is 58.2 Å². The van der Waals surface area contributed by atoms with Gasteiger partial charge >= 0.3 is 0 Å². The maximum atomic E-state index is 13.7. The number of aromatic amines is 1. The minimum absolute atomic E-state index is 0.104. The molecule has 0 bridgehead atoms. The fourth-order valence-corrected chi connectivity index (χ4v) is 5.10. The summed E-state index contributed by atoms with van der Waals surface area (Å²) in [6.45, 7) is 0.851. The highest BCUT2D eigenvalue weighted by molar-refractivity contribution is 6.30. The number of nitrogens with zero attached hydrogens (tertiary/aromatic N) is 2. The van der Waals surface area contributed by atoms with Crippen LogP contribution in [0, 0.1) is 16.7 Å². The summed E-state index contributed by atoms with van der Waals surface area (Å²) in [7, 11) is 0. The molecule has 1 saturated heterocycles. The number of hydrogen-bond acceptors (Lipinski definition) is 3. The number of fused-ring (bicyclic) bond motifs is 4. The van der Waals surface area contributed by atoms with E-state index in [2.05, 4.69) is 34.2 Å². The van der Waals surface area contributed by atoms with Gasteiger partial charge in [0, 0.05) is 28.0 Å². The number of ketones is 1. The van der Waals surface area contributed by atoms with Crippen LogP contribution in [0.3, 0.4) is 0 Å². The van der Waals surface area contributed by atoms with Crippen molar-refractivity contribution >= 4 is 34.1 Å². The van der Waals surface area contributed by atoms with E-state index in [0.29, 0.717) is 17.0 Å². The number of rotatable bonds is 2. The fraction of sp³-hybridized carbons (Fsp3) is 0.292. The standard InChI is InChI=1S/C24H20ClN3O/c25-19-10-8-16(9-11-19)22(29)24(15-26)14-18-13-17-5-1-2-6-20(17)27-23(18)28-12-4-3-7-21(24)28/h1-2,5-6,8-11,13,21H,3-4,7,12,14H2/p+1/t21-,24+/m0/s1. The number of nitrogens with one attached hydrogen (secondary N) is 1. The van der Waals surface area contributed by atoms with E-state index in [1.807, 2.05) is 12.1 Å². The summed E-state index contributed by atoms with van der Waals surface area (Å²) in [5, 5.41) is 12.0. The minimum atomic E-state index is -1.10. The average Bonchev–Trinajstić information content (AvgIpc) is 2.77. The van der Waals surface area contributed by atoms with E-state index in [1.165, 1.54) is 0 Å². The Morgan fingerprint density at radius 3 is 2.76 bits per heavy atom. The molecule has 5 rings (SSSR count). The number of hydrogen-bond donors (Lipinski definition) is 0. The highest BCUT2D eigenvalue weighted by Gasteiger charge is 2.57. The zero-order valence-corrected chi connectivity index (χ0v) is 16.7. The van der Waals surface area contributed by atoms with Crippen LogP contribution in [0.25, 0.3) is 10.9 Å². The lowest BCUT2D eigenvalue weighted by Crippen LogP contribution is -2.59. The van der Waals surface area contributed by atoms with E-state index >= 15 is 0 Å². The van der Waals surface area contributed by atoms with Crippen LogP contribution in [-0.4, -0.2) is 18.4 Å². The second-order valence-corrected chi connectivity index (χ2v) is 8.47. The number of pyridine rings is 1. The largest absolute Gasteiger partial charge is 0.292 e. The molecule has 1 fully saturated rings. The van der Waals surface area contributed by atoms with Gasteiger partial charge in [-0.05, 0) is 55.7 Å². The normalized spacial score (nSPS) is 23.2. The summed E-state index contributed by atoms with van der Waals surface area (Å²) >= 11 is 6.02. The number of H-pyrrole nitrogens is 1. The Bertz CT molecular complexity index is 1150. The molecule has 29 heavy (non-hydrogen) atoms. The highest BCUT2D eigenvalue weighted by Crippen LogP contribution is 2.45. The highest BCUT2D eigenvalue weighted by atomic mass is 35.5. The Balaban J connectivity index is 1.68. The number of para-hydroxylation sites is 1. The van der Waals surface area contributed by atoms with Crippen molar-refractivity contribution in [3.05, 3.63) is 70.7 Å². The maximum Gasteiger partial charge on any atom is 0.278 e. The predicted molar refractivity (Wildman–Crippen MR) is 113 cm³/mol. The molecule has 0 saturated carbocycles. The van der Waals surface area contributed by atoms with Crippen molar-refractivity contribution in [2.24, 2.45) is 5.41 Å². The summed E-state index contributed by atoms with van der Waals surface area (Å²) in [4.78, 5) is 19.5. The first-order valence-corrected chi connectivity index (χ1v) is 10.4. The molecule has 2 atom stereocenters. The van der Waals surface area contributed by atoms with Crippen LogP contribution in [0.2, 0.25) is 5.02 Å². The Morgan fingerprint density at radius 1 is 1.17 bits per heavy atom. The number of carbonyl (C=O) groups is 1. The molecule has 0 unspecified atom stereocenters. The van der Waals surface area contributed by atoms with Crippen molar-refractivity contribution in [1.82, 2.24) is 0 Å². The molecule has 2 aliphatic heterocycles. The Morgan fingerprint density at radius 2 is 1.97 bits per heavy atom. The molecular weight excluding hydrogens is 382 g/mol. The van der Waals surface area contributed by atoms with E-state index in [4.69, 9.17) is 11.6 Å². The maximum absolute atomic E-state index is 13.7. The zero-order chi connectivity index (χ0) is 20.0. The Kier molecular flexibility index (Phi) is 4.29. The number of aromatic nitrogens is 1. The number of nitriles is 1. The van der Waals surface area contributed by atoms with Gasteiger partial charge < -0.3 is 0 Å².